The monoisotopic (exact) mass is 319 g/mol. The quantitative estimate of drug-likeness (QED) is 0.825. The van der Waals surface area contributed by atoms with Gasteiger partial charge in [0, 0.05) is 18.5 Å². The van der Waals surface area contributed by atoms with Crippen LogP contribution in [0.1, 0.15) is 50.5 Å². The molecular formula is C17H25N3O3. The van der Waals surface area contributed by atoms with E-state index in [1.54, 1.807) is 6.07 Å². The van der Waals surface area contributed by atoms with Gasteiger partial charge < -0.3 is 14.7 Å². The third-order valence-corrected chi connectivity index (χ3v) is 3.71. The predicted molar refractivity (Wildman–Crippen MR) is 87.3 cm³/mol. The van der Waals surface area contributed by atoms with Crippen molar-refractivity contribution >= 4 is 0 Å². The van der Waals surface area contributed by atoms with Crippen LogP contribution in [0.3, 0.4) is 0 Å². The molecule has 23 heavy (non-hydrogen) atoms. The van der Waals surface area contributed by atoms with Crippen LogP contribution >= 0.6 is 0 Å². The highest BCUT2D eigenvalue weighted by molar-refractivity contribution is 5.49. The molecule has 0 aliphatic carbocycles. The molecule has 0 bridgehead atoms. The zero-order valence-corrected chi connectivity index (χ0v) is 14.4. The number of aromatic nitrogens is 2. The Balaban J connectivity index is 2.16. The number of nitrogens with zero attached hydrogens (tertiary/aromatic N) is 3. The number of benzene rings is 1. The third-order valence-electron chi connectivity index (χ3n) is 3.71. The van der Waals surface area contributed by atoms with E-state index in [-0.39, 0.29) is 16.9 Å². The molecular weight excluding hydrogens is 294 g/mol. The van der Waals surface area contributed by atoms with Crippen molar-refractivity contribution in [2.75, 3.05) is 7.05 Å². The van der Waals surface area contributed by atoms with Crippen LogP contribution < -0.4 is 0 Å². The van der Waals surface area contributed by atoms with E-state index in [0.717, 1.165) is 12.0 Å². The second kappa shape index (κ2) is 6.58. The molecule has 0 spiro atoms. The minimum absolute atomic E-state index is 0.0790. The summed E-state index contributed by atoms with van der Waals surface area (Å²) in [5.41, 5.74) is 1.54. The number of phenolic OH excluding ortho intramolecular Hbond substituents is 2. The average Bonchev–Trinajstić information content (AvgIpc) is 2.90. The van der Waals surface area contributed by atoms with Crippen molar-refractivity contribution in [2.24, 2.45) is 0 Å². The zero-order valence-electron chi connectivity index (χ0n) is 14.4. The van der Waals surface area contributed by atoms with Crippen LogP contribution in [0.25, 0.3) is 0 Å². The number of hydrogen-bond donors (Lipinski definition) is 2. The smallest absolute Gasteiger partial charge is 0.240 e. The highest BCUT2D eigenvalue weighted by atomic mass is 16.5. The van der Waals surface area contributed by atoms with Gasteiger partial charge in [-0.1, -0.05) is 38.9 Å². The highest BCUT2D eigenvalue weighted by Gasteiger charge is 2.19. The Morgan fingerprint density at radius 3 is 2.43 bits per heavy atom. The molecule has 1 aromatic heterocycles. The number of rotatable bonds is 5. The molecule has 0 fully saturated rings. The Labute approximate surface area is 136 Å². The Hall–Kier alpha value is -2.08. The van der Waals surface area contributed by atoms with Crippen molar-refractivity contribution in [3.05, 3.63) is 35.0 Å². The average molecular weight is 319 g/mol. The van der Waals surface area contributed by atoms with Crippen LogP contribution in [0, 0.1) is 0 Å². The summed E-state index contributed by atoms with van der Waals surface area (Å²) in [6, 6.07) is 3.54. The van der Waals surface area contributed by atoms with E-state index in [4.69, 9.17) is 4.52 Å². The van der Waals surface area contributed by atoms with Crippen molar-refractivity contribution in [3.8, 4) is 11.5 Å². The molecule has 1 aromatic carbocycles. The molecule has 0 radical (unpaired) electrons. The first-order valence-electron chi connectivity index (χ1n) is 7.76. The molecule has 0 amide bonds. The molecule has 0 aliphatic heterocycles. The first-order chi connectivity index (χ1) is 10.7. The lowest BCUT2D eigenvalue weighted by Gasteiger charge is -2.22. The molecule has 0 saturated heterocycles. The van der Waals surface area contributed by atoms with Crippen LogP contribution in [0.4, 0.5) is 0 Å². The van der Waals surface area contributed by atoms with Crippen molar-refractivity contribution in [3.63, 3.8) is 0 Å². The van der Waals surface area contributed by atoms with Crippen molar-refractivity contribution < 1.29 is 14.7 Å². The first kappa shape index (κ1) is 17.3. The Kier molecular flexibility index (Phi) is 4.94. The van der Waals surface area contributed by atoms with E-state index in [2.05, 4.69) is 30.9 Å². The third kappa shape index (κ3) is 4.22. The number of hydrogen-bond acceptors (Lipinski definition) is 6. The molecule has 6 heteroatoms. The van der Waals surface area contributed by atoms with Gasteiger partial charge in [0.1, 0.15) is 0 Å². The van der Waals surface area contributed by atoms with Crippen molar-refractivity contribution in [1.82, 2.24) is 15.0 Å². The van der Waals surface area contributed by atoms with Crippen LogP contribution in [-0.4, -0.2) is 32.3 Å². The van der Waals surface area contributed by atoms with E-state index in [0.29, 0.717) is 30.4 Å². The Morgan fingerprint density at radius 1 is 1.17 bits per heavy atom. The van der Waals surface area contributed by atoms with Gasteiger partial charge >= 0.3 is 0 Å². The lowest BCUT2D eigenvalue weighted by molar-refractivity contribution is 0.256. The van der Waals surface area contributed by atoms with Gasteiger partial charge in [0.05, 0.1) is 6.54 Å². The molecule has 126 valence electrons. The molecule has 6 nitrogen and oxygen atoms in total. The topological polar surface area (TPSA) is 82.6 Å². The van der Waals surface area contributed by atoms with Crippen molar-refractivity contribution in [2.45, 2.75) is 52.6 Å². The summed E-state index contributed by atoms with van der Waals surface area (Å²) in [5.74, 6) is 1.06. The van der Waals surface area contributed by atoms with Crippen LogP contribution in [-0.2, 0) is 24.9 Å². The fourth-order valence-corrected chi connectivity index (χ4v) is 2.31. The lowest BCUT2D eigenvalue weighted by atomic mass is 9.85. The van der Waals surface area contributed by atoms with Gasteiger partial charge in [0.2, 0.25) is 5.89 Å². The minimum Gasteiger partial charge on any atom is -0.504 e. The summed E-state index contributed by atoms with van der Waals surface area (Å²) in [6.45, 7) is 9.11. The molecule has 0 saturated carbocycles. The first-order valence-corrected chi connectivity index (χ1v) is 7.76. The second-order valence-corrected chi connectivity index (χ2v) is 6.88. The van der Waals surface area contributed by atoms with Gasteiger partial charge in [-0.15, -0.1) is 0 Å². The number of phenols is 2. The van der Waals surface area contributed by atoms with Crippen LogP contribution in [0.2, 0.25) is 0 Å². The highest BCUT2D eigenvalue weighted by Crippen LogP contribution is 2.35. The van der Waals surface area contributed by atoms with Gasteiger partial charge in [-0.3, -0.25) is 4.90 Å². The fraction of sp³-hybridized carbons (Fsp3) is 0.529. The summed E-state index contributed by atoms with van der Waals surface area (Å²) in [6.07, 6.45) is 0.732. The Bertz CT molecular complexity index is 674. The molecule has 0 atom stereocenters. The van der Waals surface area contributed by atoms with E-state index in [1.807, 2.05) is 24.9 Å². The standard InChI is InChI=1S/C17H25N3O3/c1-6-14-18-15(23-19-14)10-20(5)9-11-7-12(17(2,3)4)8-13(21)16(11)22/h7-8,21-22H,6,9-10H2,1-5H3. The zero-order chi connectivity index (χ0) is 17.2. The van der Waals surface area contributed by atoms with E-state index < -0.39 is 0 Å². The fourth-order valence-electron chi connectivity index (χ4n) is 2.31. The lowest BCUT2D eigenvalue weighted by Crippen LogP contribution is -2.18. The van der Waals surface area contributed by atoms with E-state index >= 15 is 0 Å². The maximum atomic E-state index is 10.1. The van der Waals surface area contributed by atoms with Crippen molar-refractivity contribution in [1.29, 1.82) is 0 Å². The molecule has 2 N–H and O–H groups in total. The molecule has 0 unspecified atom stereocenters. The van der Waals surface area contributed by atoms with E-state index in [1.165, 1.54) is 0 Å². The van der Waals surface area contributed by atoms with Gasteiger partial charge in [-0.05, 0) is 24.1 Å². The molecule has 0 aliphatic rings. The van der Waals surface area contributed by atoms with Gasteiger partial charge in [0.25, 0.3) is 0 Å². The summed E-state index contributed by atoms with van der Waals surface area (Å²) in [7, 11) is 1.90. The Morgan fingerprint density at radius 2 is 1.87 bits per heavy atom. The number of aryl methyl sites for hydroxylation is 1. The van der Waals surface area contributed by atoms with Gasteiger partial charge in [-0.2, -0.15) is 4.98 Å². The summed E-state index contributed by atoms with van der Waals surface area (Å²) in [4.78, 5) is 6.23. The molecule has 2 aromatic rings. The summed E-state index contributed by atoms with van der Waals surface area (Å²) >= 11 is 0. The normalized spacial score (nSPS) is 12.1. The largest absolute Gasteiger partial charge is 0.504 e. The van der Waals surface area contributed by atoms with Crippen LogP contribution in [0.5, 0.6) is 11.5 Å². The minimum atomic E-state index is -0.110. The second-order valence-electron chi connectivity index (χ2n) is 6.88. The van der Waals surface area contributed by atoms with Gasteiger partial charge in [0.15, 0.2) is 17.3 Å². The summed E-state index contributed by atoms with van der Waals surface area (Å²) in [5, 5.41) is 24.0. The maximum Gasteiger partial charge on any atom is 0.240 e. The predicted octanol–water partition coefficient (Wildman–Crippen LogP) is 2.97. The molecule has 2 rings (SSSR count). The molecule has 1 heterocycles. The maximum absolute atomic E-state index is 10.1. The SMILES string of the molecule is CCc1noc(CN(C)Cc2cc(C(C)(C)C)cc(O)c2O)n1. The van der Waals surface area contributed by atoms with E-state index in [9.17, 15) is 10.2 Å². The van der Waals surface area contributed by atoms with Gasteiger partial charge in [-0.25, -0.2) is 0 Å². The van der Waals surface area contributed by atoms with Crippen LogP contribution in [0.15, 0.2) is 16.7 Å². The number of aromatic hydroxyl groups is 2. The summed E-state index contributed by atoms with van der Waals surface area (Å²) < 4.78 is 5.18.